The molecule has 0 fully saturated rings. The van der Waals surface area contributed by atoms with Crippen LogP contribution in [-0.2, 0) is 0 Å². The first-order chi connectivity index (χ1) is 10.1. The molecule has 0 radical (unpaired) electrons. The second kappa shape index (κ2) is 6.55. The molecular formula is C15H12ClN5. The molecule has 6 heteroatoms. The fraction of sp³-hybridized carbons (Fsp3) is 0. The SMILES string of the molecule is N#C/C(=N\Nc1cccc(-c2cccc(Cl)c2)c1)C(=N)N. The van der Waals surface area contributed by atoms with Gasteiger partial charge in [0.25, 0.3) is 0 Å². The highest BCUT2D eigenvalue weighted by Crippen LogP contribution is 2.25. The number of anilines is 1. The highest BCUT2D eigenvalue weighted by Gasteiger charge is 2.02. The van der Waals surface area contributed by atoms with E-state index < -0.39 is 0 Å². The van der Waals surface area contributed by atoms with Crippen LogP contribution in [-0.4, -0.2) is 11.5 Å². The van der Waals surface area contributed by atoms with Gasteiger partial charge in [0.2, 0.25) is 5.71 Å². The lowest BCUT2D eigenvalue weighted by molar-refractivity contribution is 1.33. The maximum absolute atomic E-state index is 8.78. The first-order valence-electron chi connectivity index (χ1n) is 6.04. The van der Waals surface area contributed by atoms with Crippen molar-refractivity contribution >= 4 is 28.8 Å². The molecule has 104 valence electrons. The van der Waals surface area contributed by atoms with E-state index in [1.807, 2.05) is 42.5 Å². The van der Waals surface area contributed by atoms with Gasteiger partial charge in [0.1, 0.15) is 6.07 Å². The fourth-order valence-corrected chi connectivity index (χ4v) is 1.89. The fourth-order valence-electron chi connectivity index (χ4n) is 1.70. The Kier molecular flexibility index (Phi) is 4.54. The Morgan fingerprint density at radius 1 is 1.19 bits per heavy atom. The highest BCUT2D eigenvalue weighted by atomic mass is 35.5. The van der Waals surface area contributed by atoms with Crippen LogP contribution in [0.2, 0.25) is 5.02 Å². The van der Waals surface area contributed by atoms with Gasteiger partial charge in [-0.2, -0.15) is 10.4 Å². The molecule has 0 amide bonds. The molecule has 4 N–H and O–H groups in total. The van der Waals surface area contributed by atoms with Crippen molar-refractivity contribution in [3.8, 4) is 17.2 Å². The zero-order valence-electron chi connectivity index (χ0n) is 11.0. The van der Waals surface area contributed by atoms with Crippen molar-refractivity contribution < 1.29 is 0 Å². The van der Waals surface area contributed by atoms with Gasteiger partial charge in [0.15, 0.2) is 5.84 Å². The number of hydrazone groups is 1. The summed E-state index contributed by atoms with van der Waals surface area (Å²) in [7, 11) is 0. The van der Waals surface area contributed by atoms with E-state index in [0.717, 1.165) is 11.1 Å². The molecular weight excluding hydrogens is 286 g/mol. The summed E-state index contributed by atoms with van der Waals surface area (Å²) in [5, 5.41) is 20.4. The van der Waals surface area contributed by atoms with Gasteiger partial charge in [-0.1, -0.05) is 35.9 Å². The van der Waals surface area contributed by atoms with Gasteiger partial charge in [0.05, 0.1) is 5.69 Å². The highest BCUT2D eigenvalue weighted by molar-refractivity contribution is 6.45. The zero-order valence-corrected chi connectivity index (χ0v) is 11.7. The summed E-state index contributed by atoms with van der Waals surface area (Å²) in [6.07, 6.45) is 0. The van der Waals surface area contributed by atoms with E-state index in [4.69, 9.17) is 28.0 Å². The van der Waals surface area contributed by atoms with Gasteiger partial charge in [0, 0.05) is 5.02 Å². The maximum atomic E-state index is 8.78. The number of nitrogens with two attached hydrogens (primary N) is 1. The summed E-state index contributed by atoms with van der Waals surface area (Å²) in [4.78, 5) is 0. The summed E-state index contributed by atoms with van der Waals surface area (Å²) >= 11 is 5.98. The smallest absolute Gasteiger partial charge is 0.201 e. The van der Waals surface area contributed by atoms with Crippen LogP contribution < -0.4 is 11.2 Å². The van der Waals surface area contributed by atoms with Crippen molar-refractivity contribution in [1.82, 2.24) is 0 Å². The molecule has 0 heterocycles. The first kappa shape index (κ1) is 14.6. The third-order valence-electron chi connectivity index (χ3n) is 2.68. The van der Waals surface area contributed by atoms with Crippen molar-refractivity contribution in [2.24, 2.45) is 10.8 Å². The predicted octanol–water partition coefficient (Wildman–Crippen LogP) is 3.23. The minimum absolute atomic E-state index is 0.164. The van der Waals surface area contributed by atoms with Crippen LogP contribution in [0.1, 0.15) is 0 Å². The number of hydrogen-bond acceptors (Lipinski definition) is 4. The number of nitrogens with zero attached hydrogens (tertiary/aromatic N) is 2. The van der Waals surface area contributed by atoms with Gasteiger partial charge in [-0.25, -0.2) is 0 Å². The van der Waals surface area contributed by atoms with E-state index in [2.05, 4.69) is 10.5 Å². The number of rotatable bonds is 4. The third kappa shape index (κ3) is 3.81. The van der Waals surface area contributed by atoms with Crippen LogP contribution in [0, 0.1) is 16.7 Å². The van der Waals surface area contributed by atoms with E-state index in [1.165, 1.54) is 0 Å². The van der Waals surface area contributed by atoms with Gasteiger partial charge in [-0.15, -0.1) is 0 Å². The van der Waals surface area contributed by atoms with Gasteiger partial charge in [-0.05, 0) is 35.4 Å². The standard InChI is InChI=1S/C15H12ClN5/c16-12-5-1-3-10(7-12)11-4-2-6-13(8-11)20-21-14(9-17)15(18)19/h1-8,20H,(H3,18,19)/b21-14+. The molecule has 0 saturated carbocycles. The van der Waals surface area contributed by atoms with Crippen molar-refractivity contribution in [2.45, 2.75) is 0 Å². The molecule has 0 atom stereocenters. The third-order valence-corrected chi connectivity index (χ3v) is 2.91. The molecule has 5 nitrogen and oxygen atoms in total. The summed E-state index contributed by atoms with van der Waals surface area (Å²) in [5.74, 6) is -0.379. The lowest BCUT2D eigenvalue weighted by atomic mass is 10.1. The van der Waals surface area contributed by atoms with Crippen molar-refractivity contribution in [2.75, 3.05) is 5.43 Å². The van der Waals surface area contributed by atoms with Crippen molar-refractivity contribution in [3.63, 3.8) is 0 Å². The van der Waals surface area contributed by atoms with E-state index in [1.54, 1.807) is 12.1 Å². The molecule has 2 aromatic carbocycles. The Balaban J connectivity index is 2.27. The van der Waals surface area contributed by atoms with Crippen LogP contribution in [0.25, 0.3) is 11.1 Å². The van der Waals surface area contributed by atoms with E-state index in [0.29, 0.717) is 10.7 Å². The lowest BCUT2D eigenvalue weighted by Gasteiger charge is -2.06. The average Bonchev–Trinajstić information content (AvgIpc) is 2.48. The number of benzene rings is 2. The Labute approximate surface area is 127 Å². The number of amidine groups is 1. The second-order valence-corrected chi connectivity index (χ2v) is 4.63. The van der Waals surface area contributed by atoms with Crippen LogP contribution >= 0.6 is 11.6 Å². The molecule has 0 saturated heterocycles. The monoisotopic (exact) mass is 297 g/mol. The largest absolute Gasteiger partial charge is 0.382 e. The van der Waals surface area contributed by atoms with Crippen LogP contribution in [0.5, 0.6) is 0 Å². The number of nitrogens with one attached hydrogen (secondary N) is 2. The summed E-state index contributed by atoms with van der Waals surface area (Å²) in [6, 6.07) is 16.7. The molecule has 0 bridgehead atoms. The summed E-state index contributed by atoms with van der Waals surface area (Å²) in [6.45, 7) is 0. The molecule has 0 unspecified atom stereocenters. The Morgan fingerprint density at radius 3 is 2.48 bits per heavy atom. The molecule has 21 heavy (non-hydrogen) atoms. The molecule has 0 aliphatic heterocycles. The summed E-state index contributed by atoms with van der Waals surface area (Å²) in [5.41, 5.74) is 10.4. The summed E-state index contributed by atoms with van der Waals surface area (Å²) < 4.78 is 0. The number of nitriles is 1. The molecule has 0 aliphatic rings. The Morgan fingerprint density at radius 2 is 1.86 bits per heavy atom. The molecule has 0 aliphatic carbocycles. The Hall–Kier alpha value is -2.84. The molecule has 0 spiro atoms. The normalized spacial score (nSPS) is 10.8. The van der Waals surface area contributed by atoms with E-state index in [-0.39, 0.29) is 11.5 Å². The van der Waals surface area contributed by atoms with Crippen molar-refractivity contribution in [1.29, 1.82) is 10.7 Å². The van der Waals surface area contributed by atoms with Crippen LogP contribution in [0.15, 0.2) is 53.6 Å². The van der Waals surface area contributed by atoms with Gasteiger partial charge < -0.3 is 5.73 Å². The minimum Gasteiger partial charge on any atom is -0.382 e. The maximum Gasteiger partial charge on any atom is 0.201 e. The number of halogens is 1. The van der Waals surface area contributed by atoms with Crippen LogP contribution in [0.4, 0.5) is 5.69 Å². The minimum atomic E-state index is -0.379. The van der Waals surface area contributed by atoms with E-state index >= 15 is 0 Å². The van der Waals surface area contributed by atoms with Crippen LogP contribution in [0.3, 0.4) is 0 Å². The molecule has 2 aromatic rings. The second-order valence-electron chi connectivity index (χ2n) is 4.19. The topological polar surface area (TPSA) is 98.0 Å². The molecule has 0 aromatic heterocycles. The average molecular weight is 298 g/mol. The van der Waals surface area contributed by atoms with Gasteiger partial charge in [-0.3, -0.25) is 10.8 Å². The van der Waals surface area contributed by atoms with E-state index in [9.17, 15) is 0 Å². The quantitative estimate of drug-likeness (QED) is 0.459. The zero-order chi connectivity index (χ0) is 15.2. The van der Waals surface area contributed by atoms with Crippen molar-refractivity contribution in [3.05, 3.63) is 53.6 Å². The number of hydrogen-bond donors (Lipinski definition) is 3. The molecule has 2 rings (SSSR count). The first-order valence-corrected chi connectivity index (χ1v) is 6.42. The van der Waals surface area contributed by atoms with Gasteiger partial charge >= 0.3 is 0 Å². The Bertz CT molecular complexity index is 746. The lowest BCUT2D eigenvalue weighted by Crippen LogP contribution is -2.21. The predicted molar refractivity (Wildman–Crippen MR) is 85.5 cm³/mol.